The van der Waals surface area contributed by atoms with Crippen LogP contribution in [0, 0.1) is 5.82 Å². The zero-order valence-corrected chi connectivity index (χ0v) is 13.0. The molecule has 0 saturated heterocycles. The number of nitrogens with one attached hydrogen (secondary N) is 1. The Morgan fingerprint density at radius 3 is 2.85 bits per heavy atom. The molecule has 0 amide bonds. The molecule has 0 heterocycles. The van der Waals surface area contributed by atoms with Crippen LogP contribution in [0.3, 0.4) is 0 Å². The van der Waals surface area contributed by atoms with Gasteiger partial charge in [0.1, 0.15) is 5.82 Å². The van der Waals surface area contributed by atoms with Gasteiger partial charge in [-0.05, 0) is 47.0 Å². The van der Waals surface area contributed by atoms with E-state index < -0.39 is 6.10 Å². The lowest BCUT2D eigenvalue weighted by Gasteiger charge is -2.23. The fourth-order valence-electron chi connectivity index (χ4n) is 2.40. The first kappa shape index (κ1) is 15.7. The van der Waals surface area contributed by atoms with E-state index in [1.165, 1.54) is 31.4 Å². The molecule has 0 radical (unpaired) electrons. The van der Waals surface area contributed by atoms with Gasteiger partial charge in [0.2, 0.25) is 0 Å². The van der Waals surface area contributed by atoms with Crippen molar-refractivity contribution >= 4 is 21.6 Å². The highest BCUT2D eigenvalue weighted by Gasteiger charge is 2.15. The lowest BCUT2D eigenvalue weighted by Crippen LogP contribution is -2.28. The Kier molecular flexibility index (Phi) is 6.26. The Hall–Kier alpha value is -0.650. The molecular weight excluding hydrogens is 325 g/mol. The van der Waals surface area contributed by atoms with E-state index in [4.69, 9.17) is 4.74 Å². The summed E-state index contributed by atoms with van der Waals surface area (Å²) in [5.74, 6) is -0.302. The van der Waals surface area contributed by atoms with Gasteiger partial charge in [0, 0.05) is 11.0 Å². The number of hydrogen-bond acceptors (Lipinski definition) is 3. The van der Waals surface area contributed by atoms with E-state index in [0.29, 0.717) is 24.9 Å². The van der Waals surface area contributed by atoms with Gasteiger partial charge in [0.25, 0.3) is 0 Å². The summed E-state index contributed by atoms with van der Waals surface area (Å²) in [7, 11) is 0. The van der Waals surface area contributed by atoms with Crippen LogP contribution in [0.1, 0.15) is 32.1 Å². The molecule has 0 aromatic heterocycles. The van der Waals surface area contributed by atoms with Crippen LogP contribution in [-0.4, -0.2) is 30.5 Å². The predicted molar refractivity (Wildman–Crippen MR) is 81.4 cm³/mol. The van der Waals surface area contributed by atoms with Gasteiger partial charge in [-0.15, -0.1) is 0 Å². The number of benzene rings is 1. The van der Waals surface area contributed by atoms with Crippen LogP contribution in [0.15, 0.2) is 22.7 Å². The molecule has 0 aliphatic heterocycles. The van der Waals surface area contributed by atoms with Gasteiger partial charge in [-0.1, -0.05) is 19.3 Å². The number of aliphatic hydroxyl groups excluding tert-OH is 1. The summed E-state index contributed by atoms with van der Waals surface area (Å²) in [4.78, 5) is 0. The Bertz CT molecular complexity index is 424. The second-order valence-corrected chi connectivity index (χ2v) is 6.11. The molecule has 1 fully saturated rings. The maximum Gasteiger partial charge on any atom is 0.125 e. The summed E-state index contributed by atoms with van der Waals surface area (Å²) in [6, 6.07) is 4.43. The van der Waals surface area contributed by atoms with Gasteiger partial charge in [-0.3, -0.25) is 0 Å². The van der Waals surface area contributed by atoms with Gasteiger partial charge < -0.3 is 15.2 Å². The molecule has 1 aliphatic carbocycles. The Morgan fingerprint density at radius 1 is 1.35 bits per heavy atom. The average Bonchev–Trinajstić information content (AvgIpc) is 2.47. The van der Waals surface area contributed by atoms with Gasteiger partial charge in [-0.2, -0.15) is 0 Å². The highest BCUT2D eigenvalue weighted by molar-refractivity contribution is 9.10. The van der Waals surface area contributed by atoms with Crippen molar-refractivity contribution < 1.29 is 14.2 Å². The number of rotatable bonds is 6. The van der Waals surface area contributed by atoms with Crippen molar-refractivity contribution in [2.75, 3.05) is 18.5 Å². The maximum atomic E-state index is 13.1. The minimum absolute atomic E-state index is 0.291. The molecule has 1 atom stereocenters. The first-order chi connectivity index (χ1) is 9.65. The Labute approximate surface area is 127 Å². The summed E-state index contributed by atoms with van der Waals surface area (Å²) in [6.45, 7) is 0.666. The molecule has 20 heavy (non-hydrogen) atoms. The lowest BCUT2D eigenvalue weighted by molar-refractivity contribution is -0.0195. The van der Waals surface area contributed by atoms with Crippen molar-refractivity contribution in [3.63, 3.8) is 0 Å². The first-order valence-electron chi connectivity index (χ1n) is 7.14. The second-order valence-electron chi connectivity index (χ2n) is 5.25. The van der Waals surface area contributed by atoms with Crippen molar-refractivity contribution in [2.24, 2.45) is 0 Å². The van der Waals surface area contributed by atoms with E-state index in [1.807, 2.05) is 0 Å². The van der Waals surface area contributed by atoms with Gasteiger partial charge in [-0.25, -0.2) is 4.39 Å². The number of aliphatic hydroxyl groups is 1. The molecule has 1 aromatic rings. The number of halogens is 2. The monoisotopic (exact) mass is 345 g/mol. The van der Waals surface area contributed by atoms with Crippen LogP contribution in [-0.2, 0) is 4.74 Å². The van der Waals surface area contributed by atoms with Crippen LogP contribution in [0.4, 0.5) is 10.1 Å². The third-order valence-electron chi connectivity index (χ3n) is 3.53. The molecule has 2 rings (SSSR count). The number of anilines is 1. The molecule has 1 aliphatic rings. The molecule has 1 unspecified atom stereocenters. The molecule has 2 N–H and O–H groups in total. The largest absolute Gasteiger partial charge is 0.389 e. The Balaban J connectivity index is 1.71. The van der Waals surface area contributed by atoms with Crippen LogP contribution < -0.4 is 5.32 Å². The fourth-order valence-corrected chi connectivity index (χ4v) is 2.79. The van der Waals surface area contributed by atoms with Gasteiger partial charge in [0.05, 0.1) is 24.5 Å². The standard InChI is InChI=1S/C15H21BrFNO2/c16-14-7-6-11(17)8-15(14)18-9-12(19)10-20-13-4-2-1-3-5-13/h6-8,12-13,18-19H,1-5,9-10H2. The third kappa shape index (κ3) is 5.04. The van der Waals surface area contributed by atoms with Crippen molar-refractivity contribution in [1.29, 1.82) is 0 Å². The Morgan fingerprint density at radius 2 is 2.10 bits per heavy atom. The van der Waals surface area contributed by atoms with Crippen molar-refractivity contribution in [3.05, 3.63) is 28.5 Å². The smallest absolute Gasteiger partial charge is 0.125 e. The SMILES string of the molecule is OC(CNc1cc(F)ccc1Br)COC1CCCCC1. The van der Waals surface area contributed by atoms with Crippen LogP contribution in [0.5, 0.6) is 0 Å². The zero-order valence-electron chi connectivity index (χ0n) is 11.4. The number of hydrogen-bond donors (Lipinski definition) is 2. The normalized spacial score (nSPS) is 17.9. The summed E-state index contributed by atoms with van der Waals surface area (Å²) < 4.78 is 19.6. The third-order valence-corrected chi connectivity index (χ3v) is 4.22. The minimum atomic E-state index is -0.591. The zero-order chi connectivity index (χ0) is 14.4. The maximum absolute atomic E-state index is 13.1. The van der Waals surface area contributed by atoms with E-state index in [1.54, 1.807) is 6.07 Å². The summed E-state index contributed by atoms with van der Waals surface area (Å²) in [5.41, 5.74) is 0.640. The van der Waals surface area contributed by atoms with Crippen LogP contribution in [0.2, 0.25) is 0 Å². The van der Waals surface area contributed by atoms with E-state index >= 15 is 0 Å². The summed E-state index contributed by atoms with van der Waals surface area (Å²) in [5, 5.41) is 12.9. The van der Waals surface area contributed by atoms with E-state index in [-0.39, 0.29) is 5.82 Å². The molecular formula is C15H21BrFNO2. The molecule has 0 spiro atoms. The van der Waals surface area contributed by atoms with Gasteiger partial charge >= 0.3 is 0 Å². The van der Waals surface area contributed by atoms with E-state index in [0.717, 1.165) is 17.3 Å². The first-order valence-corrected chi connectivity index (χ1v) is 7.93. The quantitative estimate of drug-likeness (QED) is 0.825. The second kappa shape index (κ2) is 7.96. The molecule has 1 saturated carbocycles. The van der Waals surface area contributed by atoms with Gasteiger partial charge in [0.15, 0.2) is 0 Å². The molecule has 112 valence electrons. The topological polar surface area (TPSA) is 41.5 Å². The highest BCUT2D eigenvalue weighted by Crippen LogP contribution is 2.23. The molecule has 0 bridgehead atoms. The van der Waals surface area contributed by atoms with Crippen molar-refractivity contribution in [3.8, 4) is 0 Å². The van der Waals surface area contributed by atoms with E-state index in [9.17, 15) is 9.50 Å². The fraction of sp³-hybridized carbons (Fsp3) is 0.600. The average molecular weight is 346 g/mol. The summed E-state index contributed by atoms with van der Waals surface area (Å²) in [6.07, 6.45) is 5.61. The lowest BCUT2D eigenvalue weighted by atomic mass is 9.98. The minimum Gasteiger partial charge on any atom is -0.389 e. The predicted octanol–water partition coefficient (Wildman–Crippen LogP) is 3.71. The highest BCUT2D eigenvalue weighted by atomic mass is 79.9. The number of ether oxygens (including phenoxy) is 1. The molecule has 5 heteroatoms. The van der Waals surface area contributed by atoms with Crippen molar-refractivity contribution in [1.82, 2.24) is 0 Å². The van der Waals surface area contributed by atoms with E-state index in [2.05, 4.69) is 21.2 Å². The van der Waals surface area contributed by atoms with Crippen LogP contribution >= 0.6 is 15.9 Å². The molecule has 3 nitrogen and oxygen atoms in total. The molecule has 1 aromatic carbocycles. The summed E-state index contributed by atoms with van der Waals surface area (Å²) >= 11 is 3.34. The van der Waals surface area contributed by atoms with Crippen molar-refractivity contribution in [2.45, 2.75) is 44.3 Å². The van der Waals surface area contributed by atoms with Crippen LogP contribution in [0.25, 0.3) is 0 Å².